The van der Waals surface area contributed by atoms with Crippen LogP contribution < -0.4 is 10.9 Å². The zero-order chi connectivity index (χ0) is 25.7. The fraction of sp³-hybridized carbons (Fsp3) is 0.111. The van der Waals surface area contributed by atoms with Gasteiger partial charge in [-0.05, 0) is 45.3 Å². The van der Waals surface area contributed by atoms with Crippen LogP contribution in [0.3, 0.4) is 0 Å². The van der Waals surface area contributed by atoms with E-state index < -0.39 is 6.35 Å². The lowest BCUT2D eigenvalue weighted by Crippen LogP contribution is -2.68. The van der Waals surface area contributed by atoms with Crippen LogP contribution in [0.25, 0.3) is 37.8 Å². The van der Waals surface area contributed by atoms with Crippen LogP contribution in [0.4, 0.5) is 0 Å². The van der Waals surface area contributed by atoms with Gasteiger partial charge in [-0.15, -0.1) is 16.4 Å². The third kappa shape index (κ3) is 3.52. The predicted octanol–water partition coefficient (Wildman–Crippen LogP) is 7.80. The highest BCUT2D eigenvalue weighted by molar-refractivity contribution is 7.11. The Morgan fingerprint density at radius 2 is 0.974 bits per heavy atom. The van der Waals surface area contributed by atoms with Crippen LogP contribution in [-0.2, 0) is 4.28 Å². The van der Waals surface area contributed by atoms with E-state index in [1.165, 1.54) is 59.9 Å². The summed E-state index contributed by atoms with van der Waals surface area (Å²) in [4.78, 5) is 0. The van der Waals surface area contributed by atoms with E-state index in [9.17, 15) is 0 Å². The number of rotatable bonds is 3. The molecule has 38 heavy (non-hydrogen) atoms. The molecule has 7 rings (SSSR count). The lowest BCUT2D eigenvalue weighted by atomic mass is 9.25. The molecule has 0 saturated heterocycles. The molecule has 0 atom stereocenters. The van der Waals surface area contributed by atoms with Crippen molar-refractivity contribution in [2.24, 2.45) is 0 Å². The van der Waals surface area contributed by atoms with E-state index in [-0.39, 0.29) is 0 Å². The van der Waals surface area contributed by atoms with Gasteiger partial charge in [0.2, 0.25) is 0 Å². The first-order chi connectivity index (χ1) is 18.6. The van der Waals surface area contributed by atoms with Crippen molar-refractivity contribution in [3.63, 3.8) is 0 Å². The maximum Gasteiger partial charge on any atom is 0.377 e. The second kappa shape index (κ2) is 9.01. The number of hydrogen-bond acceptors (Lipinski definition) is 0. The molecular formula is C36H31BO. The maximum absolute atomic E-state index is 3.72. The van der Waals surface area contributed by atoms with Gasteiger partial charge >= 0.3 is 6.35 Å². The van der Waals surface area contributed by atoms with E-state index in [4.69, 9.17) is 0 Å². The highest BCUT2D eigenvalue weighted by Gasteiger charge is 2.48. The molecule has 0 saturated carbocycles. The normalized spacial score (nSPS) is 15.9. The Morgan fingerprint density at radius 1 is 0.526 bits per heavy atom. The Labute approximate surface area is 224 Å². The van der Waals surface area contributed by atoms with Crippen molar-refractivity contribution < 1.29 is 4.28 Å². The molecule has 0 aliphatic carbocycles. The van der Waals surface area contributed by atoms with Crippen LogP contribution in [0.2, 0.25) is 0 Å². The molecule has 1 aliphatic rings. The van der Waals surface area contributed by atoms with Crippen molar-refractivity contribution >= 4 is 55.1 Å². The van der Waals surface area contributed by atoms with Crippen LogP contribution in [0.1, 0.15) is 18.9 Å². The zero-order valence-electron chi connectivity index (χ0n) is 22.0. The molecule has 0 fully saturated rings. The van der Waals surface area contributed by atoms with Crippen LogP contribution in [0, 0.1) is 0 Å². The first-order valence-electron chi connectivity index (χ1n) is 13.6. The van der Waals surface area contributed by atoms with Gasteiger partial charge in [0.1, 0.15) is 6.61 Å². The van der Waals surface area contributed by atoms with E-state index >= 15 is 0 Å². The Kier molecular flexibility index (Phi) is 5.46. The first-order valence-corrected chi connectivity index (χ1v) is 13.6. The van der Waals surface area contributed by atoms with E-state index in [0.717, 1.165) is 13.0 Å². The number of fused-ring (bicyclic) bond motifs is 3. The second-order valence-electron chi connectivity index (χ2n) is 10.9. The third-order valence-electron chi connectivity index (χ3n) is 8.82. The SMILES string of the molecule is CC1=C(c2ccc3ccccc3c2)[B-](c2ccc3ccccc3c2)(c2ccc3ccccc3c2)[O+](C)CC1. The summed E-state index contributed by atoms with van der Waals surface area (Å²) in [7, 11) is 2.25. The van der Waals surface area contributed by atoms with Crippen LogP contribution >= 0.6 is 0 Å². The minimum Gasteiger partial charge on any atom is -0.662 e. The minimum absolute atomic E-state index is 0.947. The van der Waals surface area contributed by atoms with Crippen molar-refractivity contribution in [3.8, 4) is 0 Å². The molecule has 1 aliphatic heterocycles. The van der Waals surface area contributed by atoms with Gasteiger partial charge in [-0.3, -0.25) is 0 Å². The summed E-state index contributed by atoms with van der Waals surface area (Å²) in [6, 6.07) is 47.3. The highest BCUT2D eigenvalue weighted by Crippen LogP contribution is 2.40. The molecule has 0 N–H and O–H groups in total. The van der Waals surface area contributed by atoms with Crippen LogP contribution in [-0.4, -0.2) is 20.1 Å². The van der Waals surface area contributed by atoms with Crippen molar-refractivity contribution in [1.29, 1.82) is 0 Å². The molecule has 1 nitrogen and oxygen atoms in total. The minimum atomic E-state index is -1.47. The predicted molar refractivity (Wildman–Crippen MR) is 166 cm³/mol. The Hall–Kier alpha value is -4.14. The number of hydrogen-bond donors (Lipinski definition) is 0. The van der Waals surface area contributed by atoms with E-state index in [1.54, 1.807) is 0 Å². The van der Waals surface area contributed by atoms with Gasteiger partial charge in [0, 0.05) is 6.42 Å². The summed E-state index contributed by atoms with van der Waals surface area (Å²) in [6.07, 6.45) is -0.439. The van der Waals surface area contributed by atoms with E-state index in [2.05, 4.69) is 146 Å². The molecule has 2 heteroatoms. The van der Waals surface area contributed by atoms with Gasteiger partial charge in [-0.25, -0.2) is 0 Å². The van der Waals surface area contributed by atoms with E-state index in [1.807, 2.05) is 0 Å². The van der Waals surface area contributed by atoms with Gasteiger partial charge in [-0.1, -0.05) is 132 Å². The van der Waals surface area contributed by atoms with Gasteiger partial charge in [0.15, 0.2) is 0 Å². The fourth-order valence-corrected chi connectivity index (χ4v) is 6.92. The summed E-state index contributed by atoms with van der Waals surface area (Å²) in [6.45, 7) is 3.29. The standard InChI is InChI=1S/C36H31BO/c1-26-21-22-38(2)37(34-19-17-28-10-4-7-13-31(28)24-34,35-20-18-29-11-5-8-14-32(29)25-35)36(26)33-16-15-27-9-3-6-12-30(27)23-33/h3-20,23-25H,21-22H2,1-2H3. The fourth-order valence-electron chi connectivity index (χ4n) is 6.92. The maximum atomic E-state index is 3.72. The van der Waals surface area contributed by atoms with Crippen LogP contribution in [0.5, 0.6) is 0 Å². The Balaban J connectivity index is 1.58. The Bertz CT molecular complexity index is 1790. The van der Waals surface area contributed by atoms with Crippen molar-refractivity contribution in [2.45, 2.75) is 13.3 Å². The second-order valence-corrected chi connectivity index (χ2v) is 10.9. The van der Waals surface area contributed by atoms with Crippen molar-refractivity contribution in [1.82, 2.24) is 0 Å². The van der Waals surface area contributed by atoms with Gasteiger partial charge < -0.3 is 4.28 Å². The lowest BCUT2D eigenvalue weighted by molar-refractivity contribution is 0.0548. The molecule has 184 valence electrons. The van der Waals surface area contributed by atoms with E-state index in [0.29, 0.717) is 0 Å². The Morgan fingerprint density at radius 3 is 1.50 bits per heavy atom. The zero-order valence-corrected chi connectivity index (χ0v) is 22.0. The molecule has 0 aromatic heterocycles. The molecule has 0 amide bonds. The third-order valence-corrected chi connectivity index (χ3v) is 8.82. The highest BCUT2D eigenvalue weighted by atomic mass is 16.6. The van der Waals surface area contributed by atoms with Crippen molar-refractivity contribution in [2.75, 3.05) is 13.7 Å². The van der Waals surface area contributed by atoms with Gasteiger partial charge in [-0.2, -0.15) is 0 Å². The smallest absolute Gasteiger partial charge is 0.377 e. The largest absolute Gasteiger partial charge is 0.662 e. The summed E-state index contributed by atoms with van der Waals surface area (Å²) >= 11 is 0. The van der Waals surface area contributed by atoms with Gasteiger partial charge in [0.25, 0.3) is 0 Å². The lowest BCUT2D eigenvalue weighted by Gasteiger charge is -2.52. The molecule has 0 spiro atoms. The topological polar surface area (TPSA) is 2.70 Å². The van der Waals surface area contributed by atoms with Crippen LogP contribution in [0.15, 0.2) is 133 Å². The van der Waals surface area contributed by atoms with Crippen molar-refractivity contribution in [3.05, 3.63) is 139 Å². The molecule has 6 aromatic carbocycles. The molecular weight excluding hydrogens is 459 g/mol. The summed E-state index contributed by atoms with van der Waals surface area (Å²) < 4.78 is 3.72. The molecule has 0 unspecified atom stereocenters. The monoisotopic (exact) mass is 490 g/mol. The molecule has 0 bridgehead atoms. The summed E-state index contributed by atoms with van der Waals surface area (Å²) in [5, 5.41) is 7.67. The molecule has 6 aromatic rings. The summed E-state index contributed by atoms with van der Waals surface area (Å²) in [5.74, 6) is 0. The summed E-state index contributed by atoms with van der Waals surface area (Å²) in [5.41, 5.74) is 6.89. The molecule has 1 heterocycles. The first kappa shape index (κ1) is 23.0. The average Bonchev–Trinajstić information content (AvgIpc) is 2.97. The quantitative estimate of drug-likeness (QED) is 0.176. The average molecular weight is 490 g/mol. The van der Waals surface area contributed by atoms with Gasteiger partial charge in [0.05, 0.1) is 7.11 Å². The number of benzene rings is 6. The molecule has 0 radical (unpaired) electrons.